The topological polar surface area (TPSA) is 21.3 Å². The molecule has 2 aromatic rings. The van der Waals surface area contributed by atoms with Crippen LogP contribution in [-0.4, -0.2) is 6.61 Å². The van der Waals surface area contributed by atoms with Gasteiger partial charge in [0.2, 0.25) is 0 Å². The van der Waals surface area contributed by atoms with Crippen LogP contribution in [0.1, 0.15) is 18.1 Å². The number of benzene rings is 2. The molecular weight excluding hydrogens is 401 g/mol. The summed E-state index contributed by atoms with van der Waals surface area (Å²) in [6, 6.07) is 8.92. The molecule has 21 heavy (non-hydrogen) atoms. The molecule has 5 heteroatoms. The van der Waals surface area contributed by atoms with E-state index in [1.807, 2.05) is 26.0 Å². The summed E-state index contributed by atoms with van der Waals surface area (Å²) in [5, 5.41) is 3.13. The van der Waals surface area contributed by atoms with Crippen LogP contribution in [0, 0.1) is 12.7 Å². The number of ether oxygens (including phenoxy) is 1. The van der Waals surface area contributed by atoms with Crippen molar-refractivity contribution in [2.45, 2.75) is 20.4 Å². The van der Waals surface area contributed by atoms with E-state index in [0.717, 1.165) is 25.8 Å². The Labute approximate surface area is 141 Å². The molecule has 0 fully saturated rings. The molecular formula is C16H16Br2FNO. The van der Waals surface area contributed by atoms with E-state index in [-0.39, 0.29) is 5.82 Å². The lowest BCUT2D eigenvalue weighted by Crippen LogP contribution is -2.05. The Morgan fingerprint density at radius 3 is 2.67 bits per heavy atom. The number of aryl methyl sites for hydroxylation is 1. The molecule has 0 heterocycles. The van der Waals surface area contributed by atoms with Crippen molar-refractivity contribution < 1.29 is 9.13 Å². The van der Waals surface area contributed by atoms with E-state index in [0.29, 0.717) is 18.8 Å². The lowest BCUT2D eigenvalue weighted by Gasteiger charge is -2.15. The third-order valence-corrected chi connectivity index (χ3v) is 4.01. The van der Waals surface area contributed by atoms with Gasteiger partial charge in [-0.15, -0.1) is 0 Å². The average molecular weight is 417 g/mol. The fourth-order valence-electron chi connectivity index (χ4n) is 2.02. The normalized spacial score (nSPS) is 10.5. The first-order valence-electron chi connectivity index (χ1n) is 6.62. The third kappa shape index (κ3) is 4.20. The van der Waals surface area contributed by atoms with Gasteiger partial charge in [0.25, 0.3) is 0 Å². The molecule has 0 atom stereocenters. The van der Waals surface area contributed by atoms with Gasteiger partial charge in [0.15, 0.2) is 0 Å². The van der Waals surface area contributed by atoms with Gasteiger partial charge in [-0.25, -0.2) is 4.39 Å². The second-order valence-corrected chi connectivity index (χ2v) is 6.42. The molecule has 1 N–H and O–H groups in total. The first kappa shape index (κ1) is 16.3. The van der Waals surface area contributed by atoms with Crippen LogP contribution < -0.4 is 10.1 Å². The number of anilines is 1. The molecule has 0 aromatic heterocycles. The van der Waals surface area contributed by atoms with E-state index >= 15 is 0 Å². The number of nitrogens with one attached hydrogen (secondary N) is 1. The minimum atomic E-state index is -0.257. The number of hydrogen-bond donors (Lipinski definition) is 1. The van der Waals surface area contributed by atoms with Crippen LogP contribution in [0.4, 0.5) is 10.1 Å². The molecule has 0 spiro atoms. The van der Waals surface area contributed by atoms with Gasteiger partial charge >= 0.3 is 0 Å². The van der Waals surface area contributed by atoms with Crippen LogP contribution in [0.5, 0.6) is 5.75 Å². The Hall–Kier alpha value is -1.07. The van der Waals surface area contributed by atoms with Gasteiger partial charge in [0.05, 0.1) is 16.8 Å². The quantitative estimate of drug-likeness (QED) is 0.677. The van der Waals surface area contributed by atoms with Crippen molar-refractivity contribution >= 4 is 37.5 Å². The largest absolute Gasteiger partial charge is 0.492 e. The average Bonchev–Trinajstić information content (AvgIpc) is 2.43. The molecule has 0 bridgehead atoms. The summed E-state index contributed by atoms with van der Waals surface area (Å²) in [6.07, 6.45) is 0. The van der Waals surface area contributed by atoms with Crippen molar-refractivity contribution in [3.63, 3.8) is 0 Å². The summed E-state index contributed by atoms with van der Waals surface area (Å²) in [7, 11) is 0. The highest BCUT2D eigenvalue weighted by molar-refractivity contribution is 9.11. The Bertz CT molecular complexity index is 646. The van der Waals surface area contributed by atoms with E-state index < -0.39 is 0 Å². The molecule has 2 nitrogen and oxygen atoms in total. The van der Waals surface area contributed by atoms with E-state index in [1.54, 1.807) is 12.1 Å². The second kappa shape index (κ2) is 7.27. The first-order valence-corrected chi connectivity index (χ1v) is 8.20. The van der Waals surface area contributed by atoms with Crippen LogP contribution in [0.15, 0.2) is 39.3 Å². The van der Waals surface area contributed by atoms with Gasteiger partial charge in [-0.05, 0) is 59.6 Å². The fraction of sp³-hybridized carbons (Fsp3) is 0.250. The zero-order valence-corrected chi connectivity index (χ0v) is 15.0. The minimum absolute atomic E-state index is 0.257. The predicted molar refractivity (Wildman–Crippen MR) is 91.5 cm³/mol. The molecule has 112 valence electrons. The van der Waals surface area contributed by atoms with Gasteiger partial charge in [0, 0.05) is 16.6 Å². The maximum Gasteiger partial charge on any atom is 0.146 e. The summed E-state index contributed by atoms with van der Waals surface area (Å²) in [5.74, 6) is 0.522. The fourth-order valence-corrected chi connectivity index (χ4v) is 3.44. The molecule has 0 amide bonds. The standard InChI is InChI=1S/C16H16Br2FNO/c1-3-21-16-11(7-12(17)8-13(16)18)9-20-15-6-10(2)4-5-14(15)19/h4-8,20H,3,9H2,1-2H3. The van der Waals surface area contributed by atoms with Crippen LogP contribution in [-0.2, 0) is 6.54 Å². The Morgan fingerprint density at radius 1 is 1.19 bits per heavy atom. The Balaban J connectivity index is 2.25. The van der Waals surface area contributed by atoms with Crippen molar-refractivity contribution in [3.8, 4) is 5.75 Å². The van der Waals surface area contributed by atoms with Crippen molar-refractivity contribution in [1.29, 1.82) is 0 Å². The molecule has 0 saturated heterocycles. The lowest BCUT2D eigenvalue weighted by atomic mass is 10.1. The zero-order chi connectivity index (χ0) is 15.4. The lowest BCUT2D eigenvalue weighted by molar-refractivity contribution is 0.334. The summed E-state index contributed by atoms with van der Waals surface area (Å²) in [6.45, 7) is 4.93. The predicted octanol–water partition coefficient (Wildman–Crippen LogP) is 5.67. The molecule has 0 saturated carbocycles. The summed E-state index contributed by atoms with van der Waals surface area (Å²) in [5.41, 5.74) is 2.46. The van der Waals surface area contributed by atoms with Crippen LogP contribution >= 0.6 is 31.9 Å². The van der Waals surface area contributed by atoms with Gasteiger partial charge < -0.3 is 10.1 Å². The van der Waals surface area contributed by atoms with E-state index in [2.05, 4.69) is 37.2 Å². The van der Waals surface area contributed by atoms with E-state index in [9.17, 15) is 4.39 Å². The number of rotatable bonds is 5. The number of halogens is 3. The molecule has 0 aliphatic carbocycles. The third-order valence-electron chi connectivity index (χ3n) is 2.97. The summed E-state index contributed by atoms with van der Waals surface area (Å²) < 4.78 is 21.3. The van der Waals surface area contributed by atoms with Gasteiger partial charge in [0.1, 0.15) is 11.6 Å². The maximum atomic E-state index is 13.8. The first-order chi connectivity index (χ1) is 10.0. The monoisotopic (exact) mass is 415 g/mol. The molecule has 0 unspecified atom stereocenters. The highest BCUT2D eigenvalue weighted by Crippen LogP contribution is 2.33. The molecule has 0 radical (unpaired) electrons. The zero-order valence-electron chi connectivity index (χ0n) is 11.8. The minimum Gasteiger partial charge on any atom is -0.492 e. The Morgan fingerprint density at radius 2 is 1.95 bits per heavy atom. The van der Waals surface area contributed by atoms with Crippen LogP contribution in [0.3, 0.4) is 0 Å². The SMILES string of the molecule is CCOc1c(Br)cc(Br)cc1CNc1cc(C)ccc1F. The Kier molecular flexibility index (Phi) is 5.65. The van der Waals surface area contributed by atoms with Gasteiger partial charge in [-0.2, -0.15) is 0 Å². The molecule has 2 rings (SSSR count). The van der Waals surface area contributed by atoms with Gasteiger partial charge in [-0.1, -0.05) is 22.0 Å². The summed E-state index contributed by atoms with van der Waals surface area (Å²) in [4.78, 5) is 0. The highest BCUT2D eigenvalue weighted by atomic mass is 79.9. The summed E-state index contributed by atoms with van der Waals surface area (Å²) >= 11 is 6.96. The smallest absolute Gasteiger partial charge is 0.146 e. The molecule has 0 aliphatic rings. The van der Waals surface area contributed by atoms with Crippen molar-refractivity contribution in [2.24, 2.45) is 0 Å². The highest BCUT2D eigenvalue weighted by Gasteiger charge is 2.11. The van der Waals surface area contributed by atoms with Crippen molar-refractivity contribution in [3.05, 3.63) is 56.2 Å². The van der Waals surface area contributed by atoms with Gasteiger partial charge in [-0.3, -0.25) is 0 Å². The second-order valence-electron chi connectivity index (χ2n) is 4.65. The number of hydrogen-bond acceptors (Lipinski definition) is 2. The molecule has 2 aromatic carbocycles. The molecule has 0 aliphatic heterocycles. The van der Waals surface area contributed by atoms with Crippen molar-refractivity contribution in [1.82, 2.24) is 0 Å². The van der Waals surface area contributed by atoms with E-state index in [4.69, 9.17) is 4.74 Å². The van der Waals surface area contributed by atoms with Crippen LogP contribution in [0.25, 0.3) is 0 Å². The maximum absolute atomic E-state index is 13.8. The van der Waals surface area contributed by atoms with E-state index in [1.165, 1.54) is 6.07 Å². The van der Waals surface area contributed by atoms with Crippen molar-refractivity contribution in [2.75, 3.05) is 11.9 Å². The van der Waals surface area contributed by atoms with Crippen LogP contribution in [0.2, 0.25) is 0 Å².